The monoisotopic (exact) mass is 932 g/mol. The Balaban J connectivity index is 0.000000886. The standard InChI is InChI=1S/C26H24P2.C8H10ClN.C5H3Cl2N.C3H7.3ClH.Mg.Ni/c1-5-13-23(14-6-1)27(24-15-7-2-8-16-24)21-22-28(25-17-9-3-10-18-25)26-19-11-4-12-20-26;1-6(2)8-4-3-7(9)5-10-8;6-4-1-2-5(7)8-3-4;1-3-2;;;;;/h1-20H,21-22H2;3-6H,1-2H3;1-3H;3H,1-2H3;3*1H;;/q;;;-1;;;;2*+2/p-1. The number of nitrogens with zero attached hydrogens (tertiary/aromatic N) is 2. The third-order valence-corrected chi connectivity index (χ3v) is 13.9. The van der Waals surface area contributed by atoms with Crippen LogP contribution in [0.2, 0.25) is 15.2 Å². The van der Waals surface area contributed by atoms with Crippen LogP contribution in [0.25, 0.3) is 0 Å². The van der Waals surface area contributed by atoms with Crippen LogP contribution in [0.15, 0.2) is 158 Å². The first kappa shape index (κ1) is 53.0. The van der Waals surface area contributed by atoms with Crippen molar-refractivity contribution in [3.63, 3.8) is 0 Å². The van der Waals surface area contributed by atoms with Crippen molar-refractivity contribution in [1.29, 1.82) is 0 Å². The molecule has 2 aromatic heterocycles. The van der Waals surface area contributed by atoms with E-state index in [1.807, 2.05) is 32.4 Å². The minimum Gasteiger partial charge on any atom is -0.0620 e. The number of hydrogen-bond donors (Lipinski definition) is 0. The summed E-state index contributed by atoms with van der Waals surface area (Å²) in [6.45, 7) is 8.21. The van der Waals surface area contributed by atoms with Crippen LogP contribution >= 0.6 is 71.0 Å². The molecule has 0 spiro atoms. The van der Waals surface area contributed by atoms with Gasteiger partial charge in [0.2, 0.25) is 0 Å². The van der Waals surface area contributed by atoms with E-state index in [0.29, 0.717) is 33.8 Å². The Bertz CT molecular complexity index is 1550. The van der Waals surface area contributed by atoms with Crippen molar-refractivity contribution in [3.8, 4) is 0 Å². The van der Waals surface area contributed by atoms with Crippen LogP contribution in [0.1, 0.15) is 39.3 Å². The van der Waals surface area contributed by atoms with Gasteiger partial charge in [0.05, 0.1) is 47.1 Å². The molecular formula is C42H46Cl6MgN2NiP2+2. The smallest absolute Gasteiger partial charge is 0.0620 e. The first-order valence-corrected chi connectivity index (χ1v) is 23.9. The molecule has 0 aliphatic rings. The van der Waals surface area contributed by atoms with Crippen LogP contribution in [0.4, 0.5) is 0 Å². The molecule has 0 saturated carbocycles. The Labute approximate surface area is 378 Å². The molecule has 54 heavy (non-hydrogen) atoms. The van der Waals surface area contributed by atoms with Gasteiger partial charge in [0.1, 0.15) is 17.5 Å². The normalized spacial score (nSPS) is 9.78. The van der Waals surface area contributed by atoms with E-state index in [4.69, 9.17) is 55.2 Å². The molecule has 0 aliphatic carbocycles. The van der Waals surface area contributed by atoms with E-state index in [-0.39, 0.29) is 35.5 Å². The van der Waals surface area contributed by atoms with Crippen molar-refractivity contribution < 1.29 is 25.1 Å². The average molecular weight is 937 g/mol. The summed E-state index contributed by atoms with van der Waals surface area (Å²) < 4.78 is 0. The van der Waals surface area contributed by atoms with Gasteiger partial charge in [0.15, 0.2) is 0 Å². The molecule has 2 nitrogen and oxygen atoms in total. The molecule has 2 heterocycles. The number of aromatic nitrogens is 2. The van der Waals surface area contributed by atoms with E-state index in [2.05, 4.69) is 145 Å². The Morgan fingerprint density at radius 2 is 0.833 bits per heavy atom. The van der Waals surface area contributed by atoms with Crippen LogP contribution in [0, 0.1) is 6.42 Å². The van der Waals surface area contributed by atoms with Gasteiger partial charge in [-0.3, -0.25) is 4.98 Å². The molecular weight excluding hydrogens is 890 g/mol. The molecule has 0 bridgehead atoms. The summed E-state index contributed by atoms with van der Waals surface area (Å²) in [6, 6.07) is 51.7. The van der Waals surface area contributed by atoms with Gasteiger partial charge in [-0.05, 0) is 78.7 Å². The van der Waals surface area contributed by atoms with E-state index >= 15 is 0 Å². The fourth-order valence-electron chi connectivity index (χ4n) is 4.80. The van der Waals surface area contributed by atoms with Crippen LogP contribution in [-0.4, -0.2) is 45.3 Å². The first-order valence-electron chi connectivity index (χ1n) is 16.6. The number of hydrogen-bond acceptors (Lipinski definition) is 2. The van der Waals surface area contributed by atoms with Gasteiger partial charge in [-0.2, -0.15) is 13.8 Å². The minimum atomic E-state index is -0.783. The Morgan fingerprint density at radius 3 is 1.06 bits per heavy atom. The predicted molar refractivity (Wildman–Crippen MR) is 241 cm³/mol. The Hall–Kier alpha value is -0.960. The molecule has 0 saturated heterocycles. The molecule has 0 unspecified atom stereocenters. The quantitative estimate of drug-likeness (QED) is 0.0659. The maximum Gasteiger partial charge on any atom is 2.00 e. The molecule has 0 aliphatic heterocycles. The van der Waals surface area contributed by atoms with Crippen molar-refractivity contribution in [3.05, 3.63) is 185 Å². The van der Waals surface area contributed by atoms with E-state index in [1.54, 1.807) is 18.3 Å². The SMILES string of the molecule is CC(C)c1ccc(Cl)cn1.C[CH-]C.Clc1ccc(Cl)nc1.[Cl-].[Cl][Ni][Cl].[Mg+2].c1ccc([PH+](CC[PH+](c2ccccc2)c2ccccc2)c2ccccc2)cc1. The molecule has 0 fully saturated rings. The van der Waals surface area contributed by atoms with Crippen molar-refractivity contribution >= 4 is 115 Å². The van der Waals surface area contributed by atoms with Gasteiger partial charge in [-0.1, -0.05) is 121 Å². The van der Waals surface area contributed by atoms with E-state index in [9.17, 15) is 0 Å². The van der Waals surface area contributed by atoms with Crippen LogP contribution < -0.4 is 33.6 Å². The van der Waals surface area contributed by atoms with Crippen LogP contribution in [0.5, 0.6) is 0 Å². The van der Waals surface area contributed by atoms with Gasteiger partial charge in [-0.15, -0.1) is 0 Å². The van der Waals surface area contributed by atoms with Gasteiger partial charge in [-0.25, -0.2) is 4.98 Å². The fraction of sp³-hybridized carbons (Fsp3) is 0.167. The molecule has 0 N–H and O–H groups in total. The zero-order chi connectivity index (χ0) is 38.0. The van der Waals surface area contributed by atoms with Gasteiger partial charge < -0.3 is 18.8 Å². The van der Waals surface area contributed by atoms with Crippen molar-refractivity contribution in [2.45, 2.75) is 33.6 Å². The average Bonchev–Trinajstić information content (AvgIpc) is 3.17. The second kappa shape index (κ2) is 33.1. The second-order valence-electron chi connectivity index (χ2n) is 11.4. The van der Waals surface area contributed by atoms with E-state index < -0.39 is 15.8 Å². The van der Waals surface area contributed by atoms with Crippen molar-refractivity contribution in [1.82, 2.24) is 9.97 Å². The summed E-state index contributed by atoms with van der Waals surface area (Å²) in [4.78, 5) is 7.86. The molecule has 286 valence electrons. The third kappa shape index (κ3) is 22.1. The summed E-state index contributed by atoms with van der Waals surface area (Å²) in [5, 5.41) is 7.83. The summed E-state index contributed by atoms with van der Waals surface area (Å²) in [5.41, 5.74) is 1.09. The fourth-order valence-corrected chi connectivity index (χ4v) is 11.3. The summed E-state index contributed by atoms with van der Waals surface area (Å²) >= 11 is 17.2. The number of halogens is 6. The minimum absolute atomic E-state index is 0. The van der Waals surface area contributed by atoms with E-state index in [1.165, 1.54) is 39.7 Å². The zero-order valence-corrected chi connectivity index (χ0v) is 39.7. The Kier molecular flexibility index (Phi) is 32.5. The number of pyridine rings is 2. The molecule has 6 aromatic rings. The van der Waals surface area contributed by atoms with Crippen LogP contribution in [-0.2, 0) is 12.7 Å². The molecule has 0 radical (unpaired) electrons. The van der Waals surface area contributed by atoms with Crippen LogP contribution in [0.3, 0.4) is 0 Å². The topological polar surface area (TPSA) is 25.8 Å². The zero-order valence-electron chi connectivity index (χ0n) is 30.8. The molecule has 4 aromatic carbocycles. The molecule has 0 amide bonds. The largest absolute Gasteiger partial charge is 2.00 e. The van der Waals surface area contributed by atoms with E-state index in [0.717, 1.165) is 5.69 Å². The Morgan fingerprint density at radius 1 is 0.537 bits per heavy atom. The molecule has 12 heteroatoms. The summed E-state index contributed by atoms with van der Waals surface area (Å²) in [7, 11) is 7.84. The maximum atomic E-state index is 5.65. The molecule has 6 rings (SSSR count). The predicted octanol–water partition coefficient (Wildman–Crippen LogP) is 9.19. The van der Waals surface area contributed by atoms with Gasteiger partial charge in [0.25, 0.3) is 0 Å². The van der Waals surface area contributed by atoms with Crippen molar-refractivity contribution in [2.75, 3.05) is 12.3 Å². The number of benzene rings is 4. The summed E-state index contributed by atoms with van der Waals surface area (Å²) in [6.07, 6.45) is 7.70. The molecule has 0 atom stereocenters. The first-order chi connectivity index (χ1) is 25.2. The van der Waals surface area contributed by atoms with Gasteiger partial charge >= 0.3 is 56.1 Å². The second-order valence-corrected chi connectivity index (χ2v) is 19.5. The van der Waals surface area contributed by atoms with Crippen molar-refractivity contribution in [2.24, 2.45) is 0 Å². The number of rotatable bonds is 8. The maximum absolute atomic E-state index is 5.65. The third-order valence-electron chi connectivity index (χ3n) is 7.15. The summed E-state index contributed by atoms with van der Waals surface area (Å²) in [5.74, 6) is 0.484. The van der Waals surface area contributed by atoms with Gasteiger partial charge in [0, 0.05) is 18.1 Å².